The van der Waals surface area contributed by atoms with Gasteiger partial charge < -0.3 is 5.32 Å². The number of aryl methyl sites for hydroxylation is 1. The van der Waals surface area contributed by atoms with Crippen LogP contribution in [0.5, 0.6) is 0 Å². The van der Waals surface area contributed by atoms with Crippen LogP contribution in [0.15, 0.2) is 50.5 Å². The second-order valence-corrected chi connectivity index (χ2v) is 12.1. The zero-order valence-electron chi connectivity index (χ0n) is 16.5. The van der Waals surface area contributed by atoms with Gasteiger partial charge in [-0.15, -0.1) is 11.3 Å². The Kier molecular flexibility index (Phi) is 7.90. The van der Waals surface area contributed by atoms with E-state index >= 15 is 0 Å². The molecule has 0 radical (unpaired) electrons. The van der Waals surface area contributed by atoms with Crippen LogP contribution in [0.3, 0.4) is 0 Å². The molecule has 8 heteroatoms. The van der Waals surface area contributed by atoms with Gasteiger partial charge in [-0.25, -0.2) is 8.42 Å². The van der Waals surface area contributed by atoms with Crippen LogP contribution >= 0.6 is 27.3 Å². The number of nitrogens with zero attached hydrogens (tertiary/aromatic N) is 1. The molecular formula is C21H27BrN2O3S2. The number of nitrogens with one attached hydrogen (secondary N) is 1. The molecule has 0 bridgehead atoms. The normalized spacial score (nSPS) is 17.2. The summed E-state index contributed by atoms with van der Waals surface area (Å²) >= 11 is 4.56. The molecule has 3 rings (SSSR count). The smallest absolute Gasteiger partial charge is 0.252 e. The van der Waals surface area contributed by atoms with Gasteiger partial charge in [-0.2, -0.15) is 4.31 Å². The van der Waals surface area contributed by atoms with Gasteiger partial charge in [0.05, 0.1) is 3.79 Å². The van der Waals surface area contributed by atoms with Crippen molar-refractivity contribution in [1.29, 1.82) is 0 Å². The van der Waals surface area contributed by atoms with Crippen molar-refractivity contribution in [2.75, 3.05) is 19.6 Å². The molecule has 0 unspecified atom stereocenters. The predicted octanol–water partition coefficient (Wildman–Crippen LogP) is 4.30. The predicted molar refractivity (Wildman–Crippen MR) is 120 cm³/mol. The quantitative estimate of drug-likeness (QED) is 0.551. The molecule has 1 atom stereocenters. The molecule has 0 spiro atoms. The van der Waals surface area contributed by atoms with E-state index in [9.17, 15) is 13.2 Å². The number of amides is 1. The summed E-state index contributed by atoms with van der Waals surface area (Å²) in [6.45, 7) is 3.55. The molecule has 2 aromatic rings. The lowest BCUT2D eigenvalue weighted by Crippen LogP contribution is -2.42. The van der Waals surface area contributed by atoms with Crippen LogP contribution in [0.2, 0.25) is 0 Å². The molecule has 1 fully saturated rings. The number of piperidine rings is 1. The zero-order chi connectivity index (χ0) is 20.9. The summed E-state index contributed by atoms with van der Waals surface area (Å²) in [6, 6.07) is 13.7. The van der Waals surface area contributed by atoms with E-state index in [-0.39, 0.29) is 17.7 Å². The number of benzene rings is 1. The molecule has 0 saturated carbocycles. The van der Waals surface area contributed by atoms with Gasteiger partial charge in [0.2, 0.25) is 5.91 Å². The lowest BCUT2D eigenvalue weighted by Gasteiger charge is -2.33. The van der Waals surface area contributed by atoms with Crippen molar-refractivity contribution in [2.24, 2.45) is 11.8 Å². The molecule has 1 aliphatic heterocycles. The van der Waals surface area contributed by atoms with Crippen molar-refractivity contribution in [3.05, 3.63) is 51.8 Å². The molecule has 1 N–H and O–H groups in total. The van der Waals surface area contributed by atoms with Gasteiger partial charge in [0, 0.05) is 25.6 Å². The van der Waals surface area contributed by atoms with Crippen LogP contribution in [0.1, 0.15) is 31.7 Å². The third kappa shape index (κ3) is 5.90. The molecular weight excluding hydrogens is 472 g/mol. The molecule has 1 amide bonds. The van der Waals surface area contributed by atoms with Crippen LogP contribution in [0.4, 0.5) is 0 Å². The number of carbonyl (C=O) groups excluding carboxylic acids is 1. The first kappa shape index (κ1) is 22.5. The summed E-state index contributed by atoms with van der Waals surface area (Å²) < 4.78 is 28.2. The largest absolute Gasteiger partial charge is 0.356 e. The first-order valence-corrected chi connectivity index (χ1v) is 13.0. The number of hydrogen-bond donors (Lipinski definition) is 1. The van der Waals surface area contributed by atoms with E-state index in [0.29, 0.717) is 36.7 Å². The van der Waals surface area contributed by atoms with Gasteiger partial charge in [-0.3, -0.25) is 4.79 Å². The molecule has 1 aromatic carbocycles. The Morgan fingerprint density at radius 1 is 1.21 bits per heavy atom. The SMILES string of the molecule is C[C@H](C(=O)NCCCc1ccccc1)C1CCN(S(=O)(=O)c2ccc(Br)s2)CC1. The molecule has 0 aliphatic carbocycles. The van der Waals surface area contributed by atoms with Gasteiger partial charge >= 0.3 is 0 Å². The monoisotopic (exact) mass is 498 g/mol. The van der Waals surface area contributed by atoms with Gasteiger partial charge in [-0.1, -0.05) is 37.3 Å². The highest BCUT2D eigenvalue weighted by Gasteiger charge is 2.33. The zero-order valence-corrected chi connectivity index (χ0v) is 19.7. The number of carbonyl (C=O) groups is 1. The first-order valence-electron chi connectivity index (χ1n) is 9.95. The van der Waals surface area contributed by atoms with Crippen molar-refractivity contribution < 1.29 is 13.2 Å². The molecule has 1 aliphatic rings. The first-order chi connectivity index (χ1) is 13.9. The standard InChI is InChI=1S/C21H27BrN2O3S2/c1-16(21(25)23-13-5-8-17-6-3-2-4-7-17)18-11-14-24(15-12-18)29(26,27)20-10-9-19(22)28-20/h2-4,6-7,9-10,16,18H,5,8,11-15H2,1H3,(H,23,25)/t16-/m0/s1. The maximum Gasteiger partial charge on any atom is 0.252 e. The Labute approximate surface area is 185 Å². The lowest BCUT2D eigenvalue weighted by molar-refractivity contribution is -0.126. The average molecular weight is 499 g/mol. The second-order valence-electron chi connectivity index (χ2n) is 7.47. The summed E-state index contributed by atoms with van der Waals surface area (Å²) in [4.78, 5) is 12.5. The fourth-order valence-electron chi connectivity index (χ4n) is 3.70. The fraction of sp³-hybridized carbons (Fsp3) is 0.476. The maximum atomic E-state index is 12.7. The second kappa shape index (κ2) is 10.2. The van der Waals surface area contributed by atoms with Crippen LogP contribution in [0.25, 0.3) is 0 Å². The van der Waals surface area contributed by atoms with E-state index in [4.69, 9.17) is 0 Å². The highest BCUT2D eigenvalue weighted by molar-refractivity contribution is 9.11. The van der Waals surface area contributed by atoms with Gasteiger partial charge in [0.1, 0.15) is 4.21 Å². The Morgan fingerprint density at radius 3 is 2.52 bits per heavy atom. The minimum Gasteiger partial charge on any atom is -0.356 e. The summed E-state index contributed by atoms with van der Waals surface area (Å²) in [7, 11) is -3.43. The summed E-state index contributed by atoms with van der Waals surface area (Å²) in [5.41, 5.74) is 1.28. The van der Waals surface area contributed by atoms with E-state index < -0.39 is 10.0 Å². The van der Waals surface area contributed by atoms with E-state index in [2.05, 4.69) is 33.4 Å². The van der Waals surface area contributed by atoms with Gasteiger partial charge in [0.25, 0.3) is 10.0 Å². The third-order valence-electron chi connectivity index (χ3n) is 5.55. The Balaban J connectivity index is 1.43. The van der Waals surface area contributed by atoms with Gasteiger partial charge in [0.15, 0.2) is 0 Å². The van der Waals surface area contributed by atoms with Crippen LogP contribution in [-0.2, 0) is 21.2 Å². The summed E-state index contributed by atoms with van der Waals surface area (Å²) in [6.07, 6.45) is 3.29. The minimum absolute atomic E-state index is 0.0709. The van der Waals surface area contributed by atoms with Crippen molar-refractivity contribution in [3.8, 4) is 0 Å². The molecule has 29 heavy (non-hydrogen) atoms. The number of hydrogen-bond acceptors (Lipinski definition) is 4. The van der Waals surface area contributed by atoms with E-state index in [1.165, 1.54) is 16.9 Å². The molecule has 1 aromatic heterocycles. The topological polar surface area (TPSA) is 66.5 Å². The van der Waals surface area contributed by atoms with E-state index in [1.54, 1.807) is 16.4 Å². The van der Waals surface area contributed by atoms with Crippen LogP contribution in [-0.4, -0.2) is 38.3 Å². The van der Waals surface area contributed by atoms with Crippen molar-refractivity contribution >= 4 is 43.2 Å². The number of halogens is 1. The number of sulfonamides is 1. The number of rotatable bonds is 8. The molecule has 1 saturated heterocycles. The summed E-state index contributed by atoms with van der Waals surface area (Å²) in [5, 5.41) is 3.05. The maximum absolute atomic E-state index is 12.7. The average Bonchev–Trinajstić information content (AvgIpc) is 3.18. The Hall–Kier alpha value is -1.22. The lowest BCUT2D eigenvalue weighted by atomic mass is 9.85. The molecule has 158 valence electrons. The van der Waals surface area contributed by atoms with E-state index in [1.807, 2.05) is 25.1 Å². The Morgan fingerprint density at radius 2 is 1.90 bits per heavy atom. The minimum atomic E-state index is -3.43. The third-order valence-corrected chi connectivity index (χ3v) is 9.54. The van der Waals surface area contributed by atoms with Crippen molar-refractivity contribution in [2.45, 2.75) is 36.8 Å². The van der Waals surface area contributed by atoms with Crippen LogP contribution < -0.4 is 5.32 Å². The fourth-order valence-corrected chi connectivity index (χ4v) is 7.34. The number of thiophene rings is 1. The summed E-state index contributed by atoms with van der Waals surface area (Å²) in [5.74, 6) is 0.180. The van der Waals surface area contributed by atoms with Crippen molar-refractivity contribution in [3.63, 3.8) is 0 Å². The molecule has 2 heterocycles. The Bertz CT molecular complexity index is 907. The van der Waals surface area contributed by atoms with Gasteiger partial charge in [-0.05, 0) is 65.2 Å². The highest BCUT2D eigenvalue weighted by Crippen LogP contribution is 2.32. The highest BCUT2D eigenvalue weighted by atomic mass is 79.9. The molecule has 5 nitrogen and oxygen atoms in total. The van der Waals surface area contributed by atoms with Crippen molar-refractivity contribution in [1.82, 2.24) is 9.62 Å². The van der Waals surface area contributed by atoms with E-state index in [0.717, 1.165) is 16.6 Å². The van der Waals surface area contributed by atoms with Crippen LogP contribution in [0, 0.1) is 11.8 Å².